The number of amides is 12. The van der Waals surface area contributed by atoms with Gasteiger partial charge in [0.05, 0.1) is 31.6 Å². The van der Waals surface area contributed by atoms with Crippen LogP contribution in [0.25, 0.3) is 0 Å². The topological polar surface area (TPSA) is 289 Å². The van der Waals surface area contributed by atoms with Crippen molar-refractivity contribution in [1.82, 2.24) is 60.0 Å². The lowest BCUT2D eigenvalue weighted by atomic mass is 9.76. The summed E-state index contributed by atoms with van der Waals surface area (Å²) in [5.74, 6) is -16.7. The van der Waals surface area contributed by atoms with Crippen molar-refractivity contribution in [3.8, 4) is 0 Å². The van der Waals surface area contributed by atoms with Gasteiger partial charge >= 0.3 is 12.4 Å². The van der Waals surface area contributed by atoms with E-state index in [9.17, 15) is 50.3 Å². The summed E-state index contributed by atoms with van der Waals surface area (Å²) in [6.07, 6.45) is -14.8. The minimum Gasteiger partial charge on any atom is -0.382 e. The molecule has 8 rings (SSSR count). The van der Waals surface area contributed by atoms with Gasteiger partial charge in [0.1, 0.15) is 78.2 Å². The van der Waals surface area contributed by atoms with E-state index in [2.05, 4.69) is 16.0 Å². The molecule has 109 heavy (non-hydrogen) atoms. The maximum Gasteiger partial charge on any atom is 0.397 e. The maximum atomic E-state index is 15.7. The van der Waals surface area contributed by atoms with Crippen molar-refractivity contribution in [2.75, 3.05) is 95.8 Å². The summed E-state index contributed by atoms with van der Waals surface area (Å²) in [6, 6.07) is -12.7. The Labute approximate surface area is 634 Å². The molecule has 0 aromatic rings. The van der Waals surface area contributed by atoms with Gasteiger partial charge in [-0.3, -0.25) is 57.5 Å². The Bertz CT molecular complexity index is 3230. The molecular formula is C75H116F8N12O14. The van der Waals surface area contributed by atoms with Gasteiger partial charge in [-0.1, -0.05) is 58.8 Å². The van der Waals surface area contributed by atoms with Gasteiger partial charge in [-0.25, -0.2) is 8.78 Å². The van der Waals surface area contributed by atoms with Gasteiger partial charge in [-0.05, 0) is 133 Å². The molecule has 2 bridgehead atoms. The van der Waals surface area contributed by atoms with Crippen LogP contribution in [0.3, 0.4) is 0 Å². The fourth-order valence-electron chi connectivity index (χ4n) is 18.1. The van der Waals surface area contributed by atoms with E-state index in [-0.39, 0.29) is 96.9 Å². The van der Waals surface area contributed by atoms with Crippen molar-refractivity contribution < 1.29 is 102 Å². The first-order valence-electron chi connectivity index (χ1n) is 39.2. The predicted octanol–water partition coefficient (Wildman–Crippen LogP) is 5.71. The molecule has 2 unspecified atom stereocenters. The van der Waals surface area contributed by atoms with Crippen LogP contribution in [0.2, 0.25) is 0 Å². The zero-order chi connectivity index (χ0) is 80.5. The molecule has 13 atom stereocenters. The lowest BCUT2D eigenvalue weighted by Crippen LogP contribution is -2.66. The van der Waals surface area contributed by atoms with Crippen LogP contribution in [0.15, 0.2) is 0 Å². The van der Waals surface area contributed by atoms with E-state index in [1.807, 2.05) is 0 Å². The minimum atomic E-state index is -5.22. The second kappa shape index (κ2) is 37.6. The van der Waals surface area contributed by atoms with Crippen LogP contribution in [0.5, 0.6) is 0 Å². The Kier molecular flexibility index (Phi) is 30.2. The van der Waals surface area contributed by atoms with Crippen LogP contribution < -0.4 is 16.0 Å². The number of fused-ring (bicyclic) bond motifs is 4. The van der Waals surface area contributed by atoms with Gasteiger partial charge in [0.25, 0.3) is 0 Å². The molecule has 34 heteroatoms. The zero-order valence-corrected chi connectivity index (χ0v) is 65.1. The molecule has 12 amide bonds. The van der Waals surface area contributed by atoms with Crippen LogP contribution in [0.1, 0.15) is 181 Å². The molecule has 26 nitrogen and oxygen atoms in total. The Morgan fingerprint density at radius 3 is 1.81 bits per heavy atom. The fraction of sp³-hybridized carbons (Fsp3) is 0.840. The number of halogens is 8. The van der Waals surface area contributed by atoms with Crippen molar-refractivity contribution in [2.45, 2.75) is 272 Å². The van der Waals surface area contributed by atoms with Crippen LogP contribution >= 0.6 is 0 Å². The third kappa shape index (κ3) is 20.5. The Balaban J connectivity index is 1.21. The lowest BCUT2D eigenvalue weighted by Gasteiger charge is -2.46. The van der Waals surface area contributed by atoms with E-state index in [0.29, 0.717) is 64.2 Å². The van der Waals surface area contributed by atoms with E-state index in [0.717, 1.165) is 19.6 Å². The van der Waals surface area contributed by atoms with Crippen LogP contribution in [-0.2, 0) is 67.0 Å². The number of alkyl halides is 8. The molecular weight excluding hydrogens is 1440 g/mol. The lowest BCUT2D eigenvalue weighted by molar-refractivity contribution is -0.219. The Morgan fingerprint density at radius 1 is 0.606 bits per heavy atom. The number of nitrogens with zero attached hydrogens (tertiary/aromatic N) is 9. The highest BCUT2D eigenvalue weighted by Gasteiger charge is 2.56. The van der Waals surface area contributed by atoms with Crippen LogP contribution in [-0.4, -0.2) is 302 Å². The number of likely N-dealkylation sites (N-methyl/N-ethyl adjacent to an activating group) is 6. The SMILES string of the molecule is CCO[C@@H]1C[C@H]2C(=O)NC3(CCCC3)C(=O)N(C)[C@@H](C3CCCC3)C(=O)N(C)[C@H](C(=O)N(C)C)CC(=O)N(C)[C@@H](COC)C(=O)N[C@@H]([C@@H](C)CC)C(=O)N3CC[C@H]3C(=O)N(C)[C@H]3CCCCCN(C3=O)[C@@H](CC3CCC(C(F)(F)F)CC3)C(=O)N(C)CC(=O)N[C@@H](CCC3CC(F)C(C(F)(F)F)C(F)C3)C(=O)N2C1. The van der Waals surface area contributed by atoms with Crippen molar-refractivity contribution in [1.29, 1.82) is 0 Å². The number of carbonyl (C=O) groups excluding carboxylic acids is 12. The standard InChI is InChI=1S/C75H116F8N12O14/c1-12-43(3)61-70(105)94-34-30-53(94)68(103)90(8)52-23-15-14-20-33-93(69(52)104)56(37-44-24-27-47(28-25-44)74(78,79)80)67(102)88(6)41-58(96)84-51(29-26-45-35-49(76)60(50(77)36-45)75(81,82)83)65(100)95-40-48(109-13-2)38-54(95)64(99)86-73(31-18-19-32-73)72(107)92(10)62(46-21-16-17-22-46)71(106)91(9)55(66(101)87(4)5)39-59(97)89(7)57(42-108-11)63(98)85-61/h43-57,60-62H,12-42H2,1-11H3,(H,84,96)(H,85,98)(H,86,99)/t43-,44?,45?,47?,48+,49?,50?,51-,52-,53-,54-,55-,56-,57-,60?,61-,62-/m0/s1. The van der Waals surface area contributed by atoms with Gasteiger partial charge in [0.15, 0.2) is 0 Å². The van der Waals surface area contributed by atoms with Gasteiger partial charge in [-0.15, -0.1) is 0 Å². The number of carbonyl (C=O) groups is 12. The first-order chi connectivity index (χ1) is 51.3. The smallest absolute Gasteiger partial charge is 0.382 e. The Hall–Kier alpha value is -7.00. The third-order valence-corrected chi connectivity index (χ3v) is 24.9. The first kappa shape index (κ1) is 87.6. The predicted molar refractivity (Wildman–Crippen MR) is 381 cm³/mol. The number of nitrogens with one attached hydrogen (secondary N) is 3. The average molecular weight is 1560 g/mol. The molecule has 4 saturated carbocycles. The molecule has 1 spiro atoms. The van der Waals surface area contributed by atoms with E-state index in [1.54, 1.807) is 20.8 Å². The second-order valence-corrected chi connectivity index (χ2v) is 32.3. The third-order valence-electron chi connectivity index (χ3n) is 24.9. The largest absolute Gasteiger partial charge is 0.397 e. The number of hydrogen-bond donors (Lipinski definition) is 3. The molecule has 616 valence electrons. The number of hydrogen-bond acceptors (Lipinski definition) is 14. The summed E-state index contributed by atoms with van der Waals surface area (Å²) in [7, 11) is 10.8. The zero-order valence-electron chi connectivity index (χ0n) is 65.1. The monoisotopic (exact) mass is 1560 g/mol. The molecule has 4 heterocycles. The van der Waals surface area contributed by atoms with Crippen molar-refractivity contribution in [3.63, 3.8) is 0 Å². The van der Waals surface area contributed by atoms with E-state index >= 15 is 42.3 Å². The second-order valence-electron chi connectivity index (χ2n) is 32.3. The van der Waals surface area contributed by atoms with Crippen molar-refractivity contribution in [3.05, 3.63) is 0 Å². The molecule has 0 aromatic heterocycles. The van der Waals surface area contributed by atoms with Gasteiger partial charge in [0.2, 0.25) is 70.9 Å². The number of rotatable bonds is 13. The summed E-state index contributed by atoms with van der Waals surface area (Å²) in [4.78, 5) is 193. The first-order valence-corrected chi connectivity index (χ1v) is 39.2. The molecule has 8 fully saturated rings. The van der Waals surface area contributed by atoms with Crippen molar-refractivity contribution in [2.24, 2.45) is 35.5 Å². The van der Waals surface area contributed by atoms with Crippen LogP contribution in [0.4, 0.5) is 35.1 Å². The summed E-state index contributed by atoms with van der Waals surface area (Å²) in [5, 5.41) is 8.45. The highest BCUT2D eigenvalue weighted by atomic mass is 19.4. The highest BCUT2D eigenvalue weighted by molar-refractivity contribution is 6.01. The van der Waals surface area contributed by atoms with Gasteiger partial charge in [-0.2, -0.15) is 26.3 Å². The van der Waals surface area contributed by atoms with Crippen LogP contribution in [0, 0.1) is 35.5 Å². The van der Waals surface area contributed by atoms with E-state index < -0.39 is 236 Å². The van der Waals surface area contributed by atoms with Crippen molar-refractivity contribution >= 4 is 70.9 Å². The fourth-order valence-corrected chi connectivity index (χ4v) is 18.1. The van der Waals surface area contributed by atoms with E-state index in [4.69, 9.17) is 9.47 Å². The Morgan fingerprint density at radius 2 is 1.24 bits per heavy atom. The summed E-state index contributed by atoms with van der Waals surface area (Å²) < 4.78 is 127. The quantitative estimate of drug-likeness (QED) is 0.186. The summed E-state index contributed by atoms with van der Waals surface area (Å²) in [5.41, 5.74) is -1.72. The van der Waals surface area contributed by atoms with E-state index in [1.165, 1.54) is 80.9 Å². The highest BCUT2D eigenvalue weighted by Crippen LogP contribution is 2.46. The molecule has 0 radical (unpaired) electrons. The molecule has 4 saturated heterocycles. The molecule has 4 aliphatic heterocycles. The maximum absolute atomic E-state index is 15.7. The summed E-state index contributed by atoms with van der Waals surface area (Å²) in [6.45, 7) is 3.64. The number of methoxy groups -OCH3 is 1. The molecule has 8 aliphatic rings. The molecule has 3 N–H and O–H groups in total. The molecule has 0 aromatic carbocycles. The minimum absolute atomic E-state index is 0.00875. The molecule has 4 aliphatic carbocycles. The normalized spacial score (nSPS) is 32.8. The number of ether oxygens (including phenoxy) is 2. The average Bonchev–Trinajstić information content (AvgIpc) is 1.74. The summed E-state index contributed by atoms with van der Waals surface area (Å²) >= 11 is 0. The van der Waals surface area contributed by atoms with Gasteiger partial charge < -0.3 is 69.5 Å². The van der Waals surface area contributed by atoms with Gasteiger partial charge in [0, 0.05) is 89.1 Å².